The lowest BCUT2D eigenvalue weighted by atomic mass is 9.84. The molecule has 0 aromatic carbocycles. The second kappa shape index (κ2) is 2.90. The van der Waals surface area contributed by atoms with E-state index in [0.29, 0.717) is 13.1 Å². The first-order valence-corrected chi connectivity index (χ1v) is 4.07. The molecular weight excluding hydrogens is 180 g/mol. The van der Waals surface area contributed by atoms with Crippen LogP contribution in [0, 0.1) is 5.41 Å². The Bertz CT molecular complexity index is 220. The maximum atomic E-state index is 12.6. The van der Waals surface area contributed by atoms with Crippen LogP contribution < -0.4 is 0 Å². The first-order chi connectivity index (χ1) is 5.73. The van der Waals surface area contributed by atoms with Crippen molar-refractivity contribution in [2.75, 3.05) is 19.6 Å². The fraction of sp³-hybridized carbons (Fsp3) is 0.875. The number of likely N-dealkylation sites (tertiary alicyclic amines) is 1. The second-order valence-corrected chi connectivity index (χ2v) is 4.32. The van der Waals surface area contributed by atoms with Gasteiger partial charge in [0.1, 0.15) is 0 Å². The molecule has 1 aliphatic heterocycles. The summed E-state index contributed by atoms with van der Waals surface area (Å²) in [5.41, 5.74) is 0.0502. The molecule has 0 saturated carbocycles. The zero-order chi connectivity index (χ0) is 10.3. The van der Waals surface area contributed by atoms with Crippen LogP contribution >= 0.6 is 0 Å². The molecule has 0 atom stereocenters. The largest absolute Gasteiger partial charge is 0.477 e. The van der Waals surface area contributed by atoms with Gasteiger partial charge >= 0.3 is 11.9 Å². The highest BCUT2D eigenvalue weighted by Gasteiger charge is 2.45. The van der Waals surface area contributed by atoms with E-state index >= 15 is 0 Å². The van der Waals surface area contributed by atoms with Crippen LogP contribution in [0.2, 0.25) is 0 Å². The van der Waals surface area contributed by atoms with Crippen LogP contribution in [0.25, 0.3) is 0 Å². The molecule has 1 rings (SSSR count). The molecule has 0 radical (unpaired) electrons. The topological polar surface area (TPSA) is 40.5 Å². The third-order valence-electron chi connectivity index (χ3n) is 2.04. The molecule has 0 aromatic heterocycles. The summed E-state index contributed by atoms with van der Waals surface area (Å²) in [5.74, 6) is -5.66. The smallest absolute Gasteiger partial charge is 0.375 e. The number of nitrogens with zero attached hydrogens (tertiary/aromatic N) is 1. The highest BCUT2D eigenvalue weighted by molar-refractivity contribution is 5.75. The van der Waals surface area contributed by atoms with Gasteiger partial charge in [-0.05, 0) is 5.41 Å². The normalized spacial score (nSPS) is 22.5. The van der Waals surface area contributed by atoms with Crippen molar-refractivity contribution in [3.05, 3.63) is 0 Å². The molecule has 0 spiro atoms. The number of carboxylic acid groups (broad SMARTS) is 1. The summed E-state index contributed by atoms with van der Waals surface area (Å²) < 4.78 is 25.3. The monoisotopic (exact) mass is 193 g/mol. The molecule has 1 saturated heterocycles. The van der Waals surface area contributed by atoms with Crippen molar-refractivity contribution >= 4 is 5.97 Å². The van der Waals surface area contributed by atoms with Crippen molar-refractivity contribution in [3.63, 3.8) is 0 Å². The van der Waals surface area contributed by atoms with E-state index in [2.05, 4.69) is 0 Å². The van der Waals surface area contributed by atoms with E-state index in [-0.39, 0.29) is 5.41 Å². The van der Waals surface area contributed by atoms with Crippen LogP contribution in [-0.2, 0) is 4.79 Å². The van der Waals surface area contributed by atoms with E-state index in [4.69, 9.17) is 5.11 Å². The van der Waals surface area contributed by atoms with Crippen molar-refractivity contribution in [1.82, 2.24) is 4.90 Å². The molecule has 0 unspecified atom stereocenters. The van der Waals surface area contributed by atoms with Gasteiger partial charge in [-0.25, -0.2) is 4.79 Å². The van der Waals surface area contributed by atoms with Gasteiger partial charge in [-0.2, -0.15) is 8.78 Å². The number of rotatable bonds is 3. The average Bonchev–Trinajstić information content (AvgIpc) is 1.81. The fourth-order valence-electron chi connectivity index (χ4n) is 1.62. The Labute approximate surface area is 75.3 Å². The summed E-state index contributed by atoms with van der Waals surface area (Å²) in [6.45, 7) is 4.32. The molecule has 76 valence electrons. The lowest BCUT2D eigenvalue weighted by molar-refractivity contribution is -0.171. The number of carbonyl (C=O) groups is 1. The molecule has 13 heavy (non-hydrogen) atoms. The number of aliphatic carboxylic acids is 1. The number of halogens is 2. The summed E-state index contributed by atoms with van der Waals surface area (Å²) in [7, 11) is 0. The van der Waals surface area contributed by atoms with E-state index in [1.165, 1.54) is 4.90 Å². The number of carboxylic acids is 1. The van der Waals surface area contributed by atoms with E-state index in [1.807, 2.05) is 13.8 Å². The minimum atomic E-state index is -3.61. The minimum Gasteiger partial charge on any atom is -0.477 e. The summed E-state index contributed by atoms with van der Waals surface area (Å²) >= 11 is 0. The number of alkyl halides is 2. The van der Waals surface area contributed by atoms with E-state index < -0.39 is 18.4 Å². The van der Waals surface area contributed by atoms with Crippen LogP contribution in [0.1, 0.15) is 13.8 Å². The van der Waals surface area contributed by atoms with Crippen LogP contribution in [0.5, 0.6) is 0 Å². The van der Waals surface area contributed by atoms with Gasteiger partial charge in [0.05, 0.1) is 6.54 Å². The Morgan fingerprint density at radius 3 is 2.31 bits per heavy atom. The van der Waals surface area contributed by atoms with Crippen LogP contribution in [0.4, 0.5) is 8.78 Å². The first-order valence-electron chi connectivity index (χ1n) is 4.07. The second-order valence-electron chi connectivity index (χ2n) is 4.32. The summed E-state index contributed by atoms with van der Waals surface area (Å²) in [6.07, 6.45) is 0. The quantitative estimate of drug-likeness (QED) is 0.728. The minimum absolute atomic E-state index is 0.0502. The summed E-state index contributed by atoms with van der Waals surface area (Å²) in [6, 6.07) is 0. The fourth-order valence-corrected chi connectivity index (χ4v) is 1.62. The average molecular weight is 193 g/mol. The maximum Gasteiger partial charge on any atom is 0.375 e. The van der Waals surface area contributed by atoms with Gasteiger partial charge in [0.2, 0.25) is 0 Å². The zero-order valence-corrected chi connectivity index (χ0v) is 7.68. The molecule has 0 amide bonds. The molecule has 1 heterocycles. The Morgan fingerprint density at radius 2 is 2.00 bits per heavy atom. The van der Waals surface area contributed by atoms with E-state index in [9.17, 15) is 13.6 Å². The lowest BCUT2D eigenvalue weighted by Gasteiger charge is -2.46. The Morgan fingerprint density at radius 1 is 1.54 bits per heavy atom. The molecule has 1 aliphatic rings. The zero-order valence-electron chi connectivity index (χ0n) is 7.68. The van der Waals surface area contributed by atoms with E-state index in [1.54, 1.807) is 0 Å². The Hall–Kier alpha value is -0.710. The van der Waals surface area contributed by atoms with Gasteiger partial charge < -0.3 is 5.11 Å². The summed E-state index contributed by atoms with van der Waals surface area (Å²) in [5, 5.41) is 8.16. The van der Waals surface area contributed by atoms with Crippen LogP contribution in [0.15, 0.2) is 0 Å². The van der Waals surface area contributed by atoms with Gasteiger partial charge in [-0.15, -0.1) is 0 Å². The molecular formula is C8H13F2NO2. The highest BCUT2D eigenvalue weighted by Crippen LogP contribution is 2.31. The molecule has 5 heteroatoms. The van der Waals surface area contributed by atoms with Gasteiger partial charge in [0.25, 0.3) is 0 Å². The molecule has 1 N–H and O–H groups in total. The Kier molecular flexibility index (Phi) is 2.32. The van der Waals surface area contributed by atoms with Crippen molar-refractivity contribution < 1.29 is 18.7 Å². The standard InChI is InChI=1S/C8H13F2NO2/c1-7(2)3-11(4-7)5-8(9,10)6(12)13/h3-5H2,1-2H3,(H,12,13). The van der Waals surface area contributed by atoms with Gasteiger partial charge in [0.15, 0.2) is 0 Å². The predicted octanol–water partition coefficient (Wildman–Crippen LogP) is 1.05. The van der Waals surface area contributed by atoms with Gasteiger partial charge in [-0.3, -0.25) is 4.90 Å². The number of hydrogen-bond acceptors (Lipinski definition) is 2. The maximum absolute atomic E-state index is 12.6. The third kappa shape index (κ3) is 2.37. The first kappa shape index (κ1) is 10.4. The highest BCUT2D eigenvalue weighted by atomic mass is 19.3. The third-order valence-corrected chi connectivity index (χ3v) is 2.04. The van der Waals surface area contributed by atoms with Crippen molar-refractivity contribution in [2.45, 2.75) is 19.8 Å². The molecule has 0 aliphatic carbocycles. The molecule has 0 bridgehead atoms. The van der Waals surface area contributed by atoms with Gasteiger partial charge in [-0.1, -0.05) is 13.8 Å². The van der Waals surface area contributed by atoms with Crippen molar-refractivity contribution in [1.29, 1.82) is 0 Å². The van der Waals surface area contributed by atoms with Crippen molar-refractivity contribution in [2.24, 2.45) is 5.41 Å². The SMILES string of the molecule is CC1(C)CN(CC(F)(F)C(=O)O)C1. The molecule has 1 fully saturated rings. The molecule has 3 nitrogen and oxygen atoms in total. The van der Waals surface area contributed by atoms with E-state index in [0.717, 1.165) is 0 Å². The number of hydrogen-bond donors (Lipinski definition) is 1. The molecule has 0 aromatic rings. The van der Waals surface area contributed by atoms with Crippen molar-refractivity contribution in [3.8, 4) is 0 Å². The summed E-state index contributed by atoms with van der Waals surface area (Å²) in [4.78, 5) is 11.5. The van der Waals surface area contributed by atoms with Gasteiger partial charge in [0, 0.05) is 13.1 Å². The predicted molar refractivity (Wildman–Crippen MR) is 42.8 cm³/mol. The lowest BCUT2D eigenvalue weighted by Crippen LogP contribution is -2.57. The van der Waals surface area contributed by atoms with Crippen LogP contribution in [0.3, 0.4) is 0 Å². The van der Waals surface area contributed by atoms with Crippen LogP contribution in [-0.4, -0.2) is 41.5 Å². The Balaban J connectivity index is 2.40.